The second kappa shape index (κ2) is 6.81. The first-order chi connectivity index (χ1) is 7.67. The summed E-state index contributed by atoms with van der Waals surface area (Å²) in [6, 6.07) is 0.351. The number of halogens is 1. The third-order valence-electron chi connectivity index (χ3n) is 2.11. The molecule has 0 aliphatic carbocycles. The van der Waals surface area contributed by atoms with Crippen LogP contribution in [0.1, 0.15) is 13.3 Å². The van der Waals surface area contributed by atoms with Crippen molar-refractivity contribution in [1.29, 1.82) is 0 Å². The topological polar surface area (TPSA) is 49.8 Å². The van der Waals surface area contributed by atoms with Crippen LogP contribution in [0.15, 0.2) is 6.20 Å². The lowest BCUT2D eigenvalue weighted by Gasteiger charge is -2.15. The van der Waals surface area contributed by atoms with E-state index in [0.29, 0.717) is 22.8 Å². The minimum absolute atomic E-state index is 0.351. The molecular weight excluding hydrogens is 244 g/mol. The van der Waals surface area contributed by atoms with Gasteiger partial charge in [-0.25, -0.2) is 4.98 Å². The van der Waals surface area contributed by atoms with Gasteiger partial charge in [0.05, 0.1) is 6.20 Å². The average molecular weight is 261 g/mol. The van der Waals surface area contributed by atoms with Gasteiger partial charge in [0.25, 0.3) is 0 Å². The Morgan fingerprint density at radius 3 is 2.94 bits per heavy atom. The van der Waals surface area contributed by atoms with Gasteiger partial charge >= 0.3 is 0 Å². The molecule has 0 amide bonds. The zero-order valence-electron chi connectivity index (χ0n) is 9.75. The number of nitrogens with one attached hydrogen (secondary N) is 2. The quantitative estimate of drug-likeness (QED) is 0.824. The highest BCUT2D eigenvalue weighted by atomic mass is 35.5. The van der Waals surface area contributed by atoms with Crippen LogP contribution in [-0.2, 0) is 0 Å². The molecule has 1 aromatic rings. The first-order valence-corrected chi connectivity index (χ1v) is 6.90. The molecule has 0 bridgehead atoms. The molecule has 0 saturated carbocycles. The van der Waals surface area contributed by atoms with Crippen LogP contribution in [0.25, 0.3) is 0 Å². The fraction of sp³-hybridized carbons (Fsp3) is 0.600. The number of aromatic nitrogens is 2. The monoisotopic (exact) mass is 260 g/mol. The van der Waals surface area contributed by atoms with E-state index in [2.05, 4.69) is 33.8 Å². The fourth-order valence-corrected chi connectivity index (χ4v) is 1.92. The number of nitrogens with zero attached hydrogens (tertiary/aromatic N) is 2. The van der Waals surface area contributed by atoms with E-state index < -0.39 is 0 Å². The summed E-state index contributed by atoms with van der Waals surface area (Å²) in [5.74, 6) is 2.38. The lowest BCUT2D eigenvalue weighted by molar-refractivity contribution is 0.766. The third kappa shape index (κ3) is 4.06. The minimum atomic E-state index is 0.351. The van der Waals surface area contributed by atoms with Crippen molar-refractivity contribution in [3.63, 3.8) is 0 Å². The molecular formula is C10H17ClN4S. The second-order valence-corrected chi connectivity index (χ2v) is 4.86. The zero-order chi connectivity index (χ0) is 12.0. The molecule has 90 valence electrons. The van der Waals surface area contributed by atoms with Crippen molar-refractivity contribution < 1.29 is 0 Å². The smallest absolute Gasteiger partial charge is 0.224 e. The number of anilines is 2. The molecule has 2 N–H and O–H groups in total. The zero-order valence-corrected chi connectivity index (χ0v) is 11.3. The van der Waals surface area contributed by atoms with E-state index >= 15 is 0 Å². The summed E-state index contributed by atoms with van der Waals surface area (Å²) < 4.78 is 0. The summed E-state index contributed by atoms with van der Waals surface area (Å²) in [4.78, 5) is 8.30. The highest BCUT2D eigenvalue weighted by molar-refractivity contribution is 7.98. The summed E-state index contributed by atoms with van der Waals surface area (Å²) in [7, 11) is 1.78. The maximum Gasteiger partial charge on any atom is 0.224 e. The Morgan fingerprint density at radius 2 is 2.31 bits per heavy atom. The molecule has 0 radical (unpaired) electrons. The molecule has 0 aliphatic rings. The van der Waals surface area contributed by atoms with E-state index in [0.717, 1.165) is 12.2 Å². The summed E-state index contributed by atoms with van der Waals surface area (Å²) in [6.45, 7) is 2.12. The third-order valence-corrected chi connectivity index (χ3v) is 3.03. The second-order valence-electron chi connectivity index (χ2n) is 3.47. The molecule has 1 aromatic heterocycles. The Labute approximate surface area is 106 Å². The lowest BCUT2D eigenvalue weighted by atomic mass is 10.2. The molecule has 1 atom stereocenters. The first-order valence-electron chi connectivity index (χ1n) is 5.13. The van der Waals surface area contributed by atoms with E-state index in [1.165, 1.54) is 0 Å². The van der Waals surface area contributed by atoms with Gasteiger partial charge in [0.1, 0.15) is 5.02 Å². The Morgan fingerprint density at radius 1 is 1.56 bits per heavy atom. The molecule has 0 saturated heterocycles. The molecule has 4 nitrogen and oxygen atoms in total. The van der Waals surface area contributed by atoms with Gasteiger partial charge in [-0.2, -0.15) is 16.7 Å². The lowest BCUT2D eigenvalue weighted by Crippen LogP contribution is -2.17. The first kappa shape index (κ1) is 13.4. The molecule has 1 heterocycles. The standard InChI is InChI=1S/C10H17ClN4S/c1-7(4-5-16-3)14-9-8(11)6-13-10(12-2)15-9/h6-7H,4-5H2,1-3H3,(H2,12,13,14,15). The van der Waals surface area contributed by atoms with Gasteiger partial charge in [-0.3, -0.25) is 0 Å². The van der Waals surface area contributed by atoms with Crippen molar-refractivity contribution in [1.82, 2.24) is 9.97 Å². The summed E-state index contributed by atoms with van der Waals surface area (Å²) >= 11 is 7.85. The Balaban J connectivity index is 2.64. The van der Waals surface area contributed by atoms with Crippen molar-refractivity contribution in [2.45, 2.75) is 19.4 Å². The van der Waals surface area contributed by atoms with Crippen LogP contribution in [0.2, 0.25) is 5.02 Å². The van der Waals surface area contributed by atoms with Crippen LogP contribution < -0.4 is 10.6 Å². The van der Waals surface area contributed by atoms with Crippen molar-refractivity contribution in [2.24, 2.45) is 0 Å². The summed E-state index contributed by atoms with van der Waals surface area (Å²) in [5, 5.41) is 6.72. The van der Waals surface area contributed by atoms with Crippen molar-refractivity contribution in [3.8, 4) is 0 Å². The fourth-order valence-electron chi connectivity index (χ4n) is 1.19. The Hall–Kier alpha value is -0.680. The average Bonchev–Trinajstić information content (AvgIpc) is 2.29. The predicted octanol–water partition coefficient (Wildman–Crippen LogP) is 2.73. The molecule has 0 aromatic carbocycles. The van der Waals surface area contributed by atoms with Gasteiger partial charge in [-0.1, -0.05) is 11.6 Å². The Bertz CT molecular complexity index is 335. The molecule has 1 rings (SSSR count). The van der Waals surface area contributed by atoms with E-state index in [-0.39, 0.29) is 0 Å². The maximum absolute atomic E-state index is 6.01. The van der Waals surface area contributed by atoms with E-state index in [9.17, 15) is 0 Å². The Kier molecular flexibility index (Phi) is 5.69. The van der Waals surface area contributed by atoms with Gasteiger partial charge < -0.3 is 10.6 Å². The predicted molar refractivity (Wildman–Crippen MR) is 72.7 cm³/mol. The molecule has 1 unspecified atom stereocenters. The molecule has 0 spiro atoms. The van der Waals surface area contributed by atoms with Gasteiger partial charge in [0.2, 0.25) is 5.95 Å². The molecule has 0 aliphatic heterocycles. The van der Waals surface area contributed by atoms with Crippen LogP contribution >= 0.6 is 23.4 Å². The number of thioether (sulfide) groups is 1. The molecule has 0 fully saturated rings. The van der Waals surface area contributed by atoms with Crippen LogP contribution in [0.4, 0.5) is 11.8 Å². The van der Waals surface area contributed by atoms with Crippen molar-refractivity contribution in [3.05, 3.63) is 11.2 Å². The highest BCUT2D eigenvalue weighted by Gasteiger charge is 2.08. The van der Waals surface area contributed by atoms with Crippen LogP contribution in [-0.4, -0.2) is 35.1 Å². The van der Waals surface area contributed by atoms with Gasteiger partial charge in [-0.05, 0) is 25.4 Å². The number of hydrogen-bond donors (Lipinski definition) is 2. The van der Waals surface area contributed by atoms with Crippen molar-refractivity contribution in [2.75, 3.05) is 29.7 Å². The number of rotatable bonds is 6. The number of hydrogen-bond acceptors (Lipinski definition) is 5. The van der Waals surface area contributed by atoms with Gasteiger partial charge in [0.15, 0.2) is 5.82 Å². The van der Waals surface area contributed by atoms with Gasteiger partial charge in [-0.15, -0.1) is 0 Å². The molecule has 16 heavy (non-hydrogen) atoms. The maximum atomic E-state index is 6.01. The van der Waals surface area contributed by atoms with E-state index in [1.807, 2.05) is 11.8 Å². The summed E-state index contributed by atoms with van der Waals surface area (Å²) in [6.07, 6.45) is 4.78. The van der Waals surface area contributed by atoms with Crippen molar-refractivity contribution >= 4 is 35.1 Å². The van der Waals surface area contributed by atoms with Crippen LogP contribution in [0.5, 0.6) is 0 Å². The summed E-state index contributed by atoms with van der Waals surface area (Å²) in [5.41, 5.74) is 0. The normalized spacial score (nSPS) is 12.2. The minimum Gasteiger partial charge on any atom is -0.366 e. The van der Waals surface area contributed by atoms with Gasteiger partial charge in [0, 0.05) is 13.1 Å². The largest absolute Gasteiger partial charge is 0.366 e. The van der Waals surface area contributed by atoms with E-state index in [1.54, 1.807) is 13.2 Å². The highest BCUT2D eigenvalue weighted by Crippen LogP contribution is 2.20. The van der Waals surface area contributed by atoms with Crippen LogP contribution in [0.3, 0.4) is 0 Å². The van der Waals surface area contributed by atoms with E-state index in [4.69, 9.17) is 11.6 Å². The van der Waals surface area contributed by atoms with Crippen LogP contribution in [0, 0.1) is 0 Å². The molecule has 6 heteroatoms. The SMILES string of the molecule is CNc1ncc(Cl)c(NC(C)CCSC)n1.